The molecule has 1 atom stereocenters. The molecular weight excluding hydrogens is 422 g/mol. The highest BCUT2D eigenvalue weighted by molar-refractivity contribution is 6.07. The number of hydrogen-bond acceptors (Lipinski definition) is 5. The molecule has 2 heterocycles. The van der Waals surface area contributed by atoms with Gasteiger partial charge in [0.1, 0.15) is 6.04 Å². The molecule has 1 aliphatic rings. The van der Waals surface area contributed by atoms with E-state index in [1.165, 1.54) is 0 Å². The molecule has 0 saturated carbocycles. The number of nitrogens with one attached hydrogen (secondary N) is 2. The summed E-state index contributed by atoms with van der Waals surface area (Å²) >= 11 is 0. The zero-order chi connectivity index (χ0) is 23.4. The van der Waals surface area contributed by atoms with Crippen molar-refractivity contribution in [2.75, 3.05) is 5.32 Å². The smallest absolute Gasteiger partial charge is 0.325 e. The van der Waals surface area contributed by atoms with Gasteiger partial charge in [-0.25, -0.2) is 9.78 Å². The number of amides is 4. The summed E-state index contributed by atoms with van der Waals surface area (Å²) in [5.41, 5.74) is 1.71. The van der Waals surface area contributed by atoms with Crippen molar-refractivity contribution in [3.05, 3.63) is 83.9 Å². The van der Waals surface area contributed by atoms with Gasteiger partial charge in [-0.15, -0.1) is 0 Å². The van der Waals surface area contributed by atoms with E-state index >= 15 is 0 Å². The molecule has 4 amide bonds. The highest BCUT2D eigenvalue weighted by Gasteiger charge is 2.37. The standard InChI is InChI=1S/C24H23N5O4/c1-28-13-12-25-22(28)21(31)17-8-5-9-18(14-17)26-20(30)11-10-19-23(32)29(24(33)27-19)15-16-6-3-2-4-7-16/h2-9,12-14,19H,10-11,15H2,1H3,(H,26,30)(H,27,33). The largest absolute Gasteiger partial charge is 0.331 e. The molecule has 4 rings (SSSR count). The summed E-state index contributed by atoms with van der Waals surface area (Å²) in [5.74, 6) is -0.621. The number of nitrogens with zero attached hydrogens (tertiary/aromatic N) is 3. The third kappa shape index (κ3) is 4.98. The van der Waals surface area contributed by atoms with Crippen LogP contribution in [-0.2, 0) is 23.2 Å². The Kier molecular flexibility index (Phi) is 6.30. The fraction of sp³-hybridized carbons (Fsp3) is 0.208. The summed E-state index contributed by atoms with van der Waals surface area (Å²) in [5, 5.41) is 5.38. The van der Waals surface area contributed by atoms with Crippen molar-refractivity contribution < 1.29 is 19.2 Å². The van der Waals surface area contributed by atoms with Crippen LogP contribution in [0, 0.1) is 0 Å². The Balaban J connectivity index is 1.32. The predicted octanol–water partition coefficient (Wildman–Crippen LogP) is 2.49. The first-order chi connectivity index (χ1) is 15.9. The number of benzene rings is 2. The van der Waals surface area contributed by atoms with Crippen LogP contribution in [0.3, 0.4) is 0 Å². The quantitative estimate of drug-likeness (QED) is 0.409. The number of carbonyl (C=O) groups is 4. The summed E-state index contributed by atoms with van der Waals surface area (Å²) in [6.45, 7) is 0.186. The van der Waals surface area contributed by atoms with Gasteiger partial charge < -0.3 is 15.2 Å². The first-order valence-electron chi connectivity index (χ1n) is 10.5. The second kappa shape index (κ2) is 9.47. The number of aryl methyl sites for hydroxylation is 1. The molecule has 1 aliphatic heterocycles. The van der Waals surface area contributed by atoms with Crippen molar-refractivity contribution in [2.45, 2.75) is 25.4 Å². The Labute approximate surface area is 190 Å². The van der Waals surface area contributed by atoms with E-state index in [0.717, 1.165) is 10.5 Å². The molecule has 1 unspecified atom stereocenters. The number of urea groups is 1. The van der Waals surface area contributed by atoms with Crippen LogP contribution in [0.5, 0.6) is 0 Å². The van der Waals surface area contributed by atoms with Crippen molar-refractivity contribution in [3.63, 3.8) is 0 Å². The van der Waals surface area contributed by atoms with Gasteiger partial charge in [0.2, 0.25) is 11.7 Å². The van der Waals surface area contributed by atoms with Gasteiger partial charge in [0.05, 0.1) is 6.54 Å². The van der Waals surface area contributed by atoms with E-state index in [1.54, 1.807) is 48.3 Å². The van der Waals surface area contributed by atoms with E-state index in [4.69, 9.17) is 0 Å². The summed E-state index contributed by atoms with van der Waals surface area (Å²) in [6.07, 6.45) is 3.44. The summed E-state index contributed by atoms with van der Waals surface area (Å²) in [6, 6.07) is 14.6. The Morgan fingerprint density at radius 3 is 2.61 bits per heavy atom. The number of imidazole rings is 1. The van der Waals surface area contributed by atoms with Crippen LogP contribution >= 0.6 is 0 Å². The zero-order valence-corrected chi connectivity index (χ0v) is 18.0. The molecule has 2 N–H and O–H groups in total. The van der Waals surface area contributed by atoms with Crippen LogP contribution in [0.2, 0.25) is 0 Å². The maximum atomic E-state index is 12.6. The van der Waals surface area contributed by atoms with Crippen molar-refractivity contribution in [3.8, 4) is 0 Å². The van der Waals surface area contributed by atoms with Crippen LogP contribution in [-0.4, -0.2) is 44.1 Å². The average Bonchev–Trinajstić information content (AvgIpc) is 3.36. The minimum absolute atomic E-state index is 0.0351. The third-order valence-electron chi connectivity index (χ3n) is 5.38. The molecule has 9 nitrogen and oxygen atoms in total. The van der Waals surface area contributed by atoms with Gasteiger partial charge in [0.15, 0.2) is 5.82 Å². The summed E-state index contributed by atoms with van der Waals surface area (Å²) in [4.78, 5) is 55.1. The summed E-state index contributed by atoms with van der Waals surface area (Å²) < 4.78 is 1.63. The first-order valence-corrected chi connectivity index (χ1v) is 10.5. The fourth-order valence-electron chi connectivity index (χ4n) is 3.64. The number of carbonyl (C=O) groups excluding carboxylic acids is 4. The van der Waals surface area contributed by atoms with Gasteiger partial charge in [0.25, 0.3) is 5.91 Å². The minimum atomic E-state index is -0.747. The highest BCUT2D eigenvalue weighted by atomic mass is 16.2. The Morgan fingerprint density at radius 1 is 1.09 bits per heavy atom. The zero-order valence-electron chi connectivity index (χ0n) is 18.0. The van der Waals surface area contributed by atoms with E-state index < -0.39 is 12.1 Å². The Morgan fingerprint density at radius 2 is 1.88 bits per heavy atom. The lowest BCUT2D eigenvalue weighted by molar-refractivity contribution is -0.128. The Hall–Kier alpha value is -4.27. The van der Waals surface area contributed by atoms with Gasteiger partial charge in [-0.2, -0.15) is 0 Å². The van der Waals surface area contributed by atoms with Gasteiger partial charge in [-0.3, -0.25) is 19.3 Å². The normalized spacial score (nSPS) is 15.4. The molecule has 0 bridgehead atoms. The second-order valence-corrected chi connectivity index (χ2v) is 7.77. The number of anilines is 1. The average molecular weight is 445 g/mol. The second-order valence-electron chi connectivity index (χ2n) is 7.77. The number of ketones is 1. The lowest BCUT2D eigenvalue weighted by Gasteiger charge is -2.13. The lowest BCUT2D eigenvalue weighted by atomic mass is 10.1. The molecule has 0 radical (unpaired) electrons. The molecule has 0 aliphatic carbocycles. The Bertz CT molecular complexity index is 1200. The van der Waals surface area contributed by atoms with Gasteiger partial charge in [-0.1, -0.05) is 42.5 Å². The minimum Gasteiger partial charge on any atom is -0.331 e. The maximum Gasteiger partial charge on any atom is 0.325 e. The number of rotatable bonds is 8. The molecule has 2 aromatic carbocycles. The number of imide groups is 1. The van der Waals surface area contributed by atoms with E-state index in [1.807, 2.05) is 30.3 Å². The fourth-order valence-corrected chi connectivity index (χ4v) is 3.64. The summed E-state index contributed by atoms with van der Waals surface area (Å²) in [7, 11) is 1.73. The van der Waals surface area contributed by atoms with Crippen molar-refractivity contribution in [1.82, 2.24) is 19.8 Å². The van der Waals surface area contributed by atoms with Crippen molar-refractivity contribution in [1.29, 1.82) is 0 Å². The maximum absolute atomic E-state index is 12.6. The number of hydrogen-bond donors (Lipinski definition) is 2. The lowest BCUT2D eigenvalue weighted by Crippen LogP contribution is -2.31. The number of aromatic nitrogens is 2. The van der Waals surface area contributed by atoms with E-state index in [0.29, 0.717) is 17.1 Å². The molecule has 0 spiro atoms. The van der Waals surface area contributed by atoms with Crippen LogP contribution < -0.4 is 10.6 Å². The molecule has 1 aromatic heterocycles. The molecule has 168 valence electrons. The van der Waals surface area contributed by atoms with E-state index in [2.05, 4.69) is 15.6 Å². The van der Waals surface area contributed by atoms with Crippen molar-refractivity contribution in [2.24, 2.45) is 7.05 Å². The van der Waals surface area contributed by atoms with Crippen LogP contribution in [0.4, 0.5) is 10.5 Å². The SMILES string of the molecule is Cn1ccnc1C(=O)c1cccc(NC(=O)CCC2NC(=O)N(Cc3ccccc3)C2=O)c1. The van der Waals surface area contributed by atoms with E-state index in [-0.39, 0.29) is 37.0 Å². The molecule has 1 fully saturated rings. The molecule has 9 heteroatoms. The predicted molar refractivity (Wildman–Crippen MR) is 120 cm³/mol. The van der Waals surface area contributed by atoms with Gasteiger partial charge in [0, 0.05) is 37.1 Å². The van der Waals surface area contributed by atoms with Crippen molar-refractivity contribution >= 4 is 29.3 Å². The van der Waals surface area contributed by atoms with Crippen LogP contribution in [0.25, 0.3) is 0 Å². The van der Waals surface area contributed by atoms with Gasteiger partial charge >= 0.3 is 6.03 Å². The van der Waals surface area contributed by atoms with Crippen LogP contribution in [0.15, 0.2) is 67.0 Å². The topological polar surface area (TPSA) is 113 Å². The third-order valence-corrected chi connectivity index (χ3v) is 5.38. The van der Waals surface area contributed by atoms with E-state index in [9.17, 15) is 19.2 Å². The highest BCUT2D eigenvalue weighted by Crippen LogP contribution is 2.17. The molecule has 3 aromatic rings. The molecule has 33 heavy (non-hydrogen) atoms. The van der Waals surface area contributed by atoms with Crippen LogP contribution in [0.1, 0.15) is 34.6 Å². The first kappa shape index (κ1) is 21.9. The van der Waals surface area contributed by atoms with Gasteiger partial charge in [-0.05, 0) is 24.1 Å². The molecule has 1 saturated heterocycles. The monoisotopic (exact) mass is 445 g/mol. The molecular formula is C24H23N5O4.